The van der Waals surface area contributed by atoms with Gasteiger partial charge in [0, 0.05) is 18.8 Å². The SMILES string of the molecule is CNS(=O)(=O)Cc1ccc(CNC(=O)/C=C/c2ccc(Oc3cccnc3)c(F)c2)cc1. The van der Waals surface area contributed by atoms with Gasteiger partial charge in [0.25, 0.3) is 0 Å². The minimum atomic E-state index is -3.33. The predicted octanol–water partition coefficient (Wildman–Crippen LogP) is 3.39. The van der Waals surface area contributed by atoms with E-state index in [1.54, 1.807) is 48.7 Å². The van der Waals surface area contributed by atoms with E-state index in [0.717, 1.165) is 5.56 Å². The Balaban J connectivity index is 1.52. The average Bonchev–Trinajstić information content (AvgIpc) is 2.79. The molecule has 7 nitrogen and oxygen atoms in total. The Bertz CT molecular complexity index is 1200. The standard InChI is InChI=1S/C23H22FN3O4S/c1-25-32(29,30)16-19-6-4-18(5-7-19)14-27-23(28)11-9-17-8-10-22(21(24)13-17)31-20-3-2-12-26-15-20/h2-13,15,25H,14,16H2,1H3,(H,27,28)/b11-9+. The first kappa shape index (κ1) is 23.1. The van der Waals surface area contributed by atoms with Crippen molar-refractivity contribution in [1.82, 2.24) is 15.0 Å². The first-order chi connectivity index (χ1) is 15.3. The molecule has 32 heavy (non-hydrogen) atoms. The van der Waals surface area contributed by atoms with E-state index < -0.39 is 15.8 Å². The molecule has 0 atom stereocenters. The maximum atomic E-state index is 14.3. The molecule has 0 unspecified atom stereocenters. The number of rotatable bonds is 9. The number of sulfonamides is 1. The molecule has 2 aromatic carbocycles. The Kier molecular flexibility index (Phi) is 7.69. The van der Waals surface area contributed by atoms with Crippen LogP contribution in [0.25, 0.3) is 6.08 Å². The van der Waals surface area contributed by atoms with E-state index in [0.29, 0.717) is 16.9 Å². The van der Waals surface area contributed by atoms with Crippen molar-refractivity contribution in [3.05, 3.63) is 95.6 Å². The van der Waals surface area contributed by atoms with Crippen LogP contribution in [0.3, 0.4) is 0 Å². The summed E-state index contributed by atoms with van der Waals surface area (Å²) in [6.07, 6.45) is 5.88. The molecule has 0 saturated heterocycles. The zero-order chi connectivity index (χ0) is 23.0. The number of carbonyl (C=O) groups is 1. The zero-order valence-electron chi connectivity index (χ0n) is 17.3. The topological polar surface area (TPSA) is 97.4 Å². The Morgan fingerprint density at radius 2 is 1.88 bits per heavy atom. The van der Waals surface area contributed by atoms with Crippen LogP contribution < -0.4 is 14.8 Å². The van der Waals surface area contributed by atoms with Gasteiger partial charge in [0.15, 0.2) is 11.6 Å². The van der Waals surface area contributed by atoms with Crippen molar-refractivity contribution < 1.29 is 22.3 Å². The summed E-state index contributed by atoms with van der Waals surface area (Å²) in [5.41, 5.74) is 1.97. The number of amides is 1. The van der Waals surface area contributed by atoms with Crippen LogP contribution >= 0.6 is 0 Å². The third-order valence-electron chi connectivity index (χ3n) is 4.40. The monoisotopic (exact) mass is 455 g/mol. The number of ether oxygens (including phenoxy) is 1. The van der Waals surface area contributed by atoms with E-state index in [1.165, 1.54) is 37.5 Å². The molecule has 0 spiro atoms. The molecule has 3 aromatic rings. The molecule has 166 valence electrons. The summed E-state index contributed by atoms with van der Waals surface area (Å²) in [5.74, 6) is -0.530. The fourth-order valence-electron chi connectivity index (χ4n) is 2.70. The number of benzene rings is 2. The molecule has 0 aliphatic heterocycles. The molecule has 3 rings (SSSR count). The van der Waals surface area contributed by atoms with Crippen molar-refractivity contribution in [1.29, 1.82) is 0 Å². The van der Waals surface area contributed by atoms with Crippen molar-refractivity contribution in [2.24, 2.45) is 0 Å². The summed E-state index contributed by atoms with van der Waals surface area (Å²) in [6, 6.07) is 14.6. The molecule has 0 aliphatic rings. The highest BCUT2D eigenvalue weighted by molar-refractivity contribution is 7.88. The molecule has 9 heteroatoms. The van der Waals surface area contributed by atoms with Crippen LogP contribution in [0.4, 0.5) is 4.39 Å². The highest BCUT2D eigenvalue weighted by Crippen LogP contribution is 2.24. The smallest absolute Gasteiger partial charge is 0.244 e. The van der Waals surface area contributed by atoms with Gasteiger partial charge >= 0.3 is 0 Å². The second-order valence-corrected chi connectivity index (χ2v) is 8.74. The van der Waals surface area contributed by atoms with Crippen LogP contribution in [0, 0.1) is 5.82 Å². The maximum Gasteiger partial charge on any atom is 0.244 e. The van der Waals surface area contributed by atoms with Gasteiger partial charge in [-0.25, -0.2) is 17.5 Å². The van der Waals surface area contributed by atoms with E-state index in [1.807, 2.05) is 0 Å². The van der Waals surface area contributed by atoms with Crippen molar-refractivity contribution in [2.75, 3.05) is 7.05 Å². The largest absolute Gasteiger partial charge is 0.453 e. The minimum Gasteiger partial charge on any atom is -0.453 e. The van der Waals surface area contributed by atoms with Crippen LogP contribution in [0.5, 0.6) is 11.5 Å². The first-order valence-corrected chi connectivity index (χ1v) is 11.3. The normalized spacial score (nSPS) is 11.4. The zero-order valence-corrected chi connectivity index (χ0v) is 18.1. The molecule has 2 N–H and O–H groups in total. The Morgan fingerprint density at radius 1 is 1.12 bits per heavy atom. The summed E-state index contributed by atoms with van der Waals surface area (Å²) < 4.78 is 45.1. The van der Waals surface area contributed by atoms with Crippen LogP contribution in [0.1, 0.15) is 16.7 Å². The number of nitrogens with zero attached hydrogens (tertiary/aromatic N) is 1. The molecule has 0 aliphatic carbocycles. The Hall–Kier alpha value is -3.56. The van der Waals surface area contributed by atoms with Crippen molar-refractivity contribution >= 4 is 22.0 Å². The number of pyridine rings is 1. The lowest BCUT2D eigenvalue weighted by Crippen LogP contribution is -2.21. The summed E-state index contributed by atoms with van der Waals surface area (Å²) in [4.78, 5) is 16.0. The van der Waals surface area contributed by atoms with Gasteiger partial charge in [-0.15, -0.1) is 0 Å². The van der Waals surface area contributed by atoms with E-state index in [-0.39, 0.29) is 24.0 Å². The molecule has 0 fully saturated rings. The quantitative estimate of drug-likeness (QED) is 0.482. The summed E-state index contributed by atoms with van der Waals surface area (Å²) in [5, 5.41) is 2.73. The van der Waals surface area contributed by atoms with Crippen LogP contribution in [-0.4, -0.2) is 26.4 Å². The lowest BCUT2D eigenvalue weighted by atomic mass is 10.1. The van der Waals surface area contributed by atoms with Gasteiger partial charge in [0.05, 0.1) is 11.9 Å². The molecule has 1 aromatic heterocycles. The van der Waals surface area contributed by atoms with Crippen molar-refractivity contribution in [2.45, 2.75) is 12.3 Å². The van der Waals surface area contributed by atoms with Gasteiger partial charge in [-0.2, -0.15) is 0 Å². The number of carbonyl (C=O) groups excluding carboxylic acids is 1. The third kappa shape index (κ3) is 7.00. The second kappa shape index (κ2) is 10.7. The van der Waals surface area contributed by atoms with Crippen LogP contribution in [0.15, 0.2) is 73.1 Å². The highest BCUT2D eigenvalue weighted by atomic mass is 32.2. The number of aromatic nitrogens is 1. The van der Waals surface area contributed by atoms with Gasteiger partial charge in [-0.3, -0.25) is 9.78 Å². The number of hydrogen-bond donors (Lipinski definition) is 2. The van der Waals surface area contributed by atoms with E-state index >= 15 is 0 Å². The molecular weight excluding hydrogens is 433 g/mol. The Labute approximate surface area is 186 Å². The summed E-state index contributed by atoms with van der Waals surface area (Å²) in [7, 11) is -1.97. The van der Waals surface area contributed by atoms with Gasteiger partial charge in [-0.05, 0) is 54.1 Å². The molecular formula is C23H22FN3O4S. The van der Waals surface area contributed by atoms with E-state index in [4.69, 9.17) is 4.74 Å². The molecule has 0 bridgehead atoms. The minimum absolute atomic E-state index is 0.0607. The fourth-order valence-corrected chi connectivity index (χ4v) is 3.48. The van der Waals surface area contributed by atoms with Gasteiger partial charge in [0.1, 0.15) is 5.75 Å². The summed E-state index contributed by atoms with van der Waals surface area (Å²) in [6.45, 7) is 0.272. The van der Waals surface area contributed by atoms with Gasteiger partial charge in [-0.1, -0.05) is 30.3 Å². The van der Waals surface area contributed by atoms with Crippen molar-refractivity contribution in [3.8, 4) is 11.5 Å². The number of nitrogens with one attached hydrogen (secondary N) is 2. The third-order valence-corrected chi connectivity index (χ3v) is 5.74. The van der Waals surface area contributed by atoms with Crippen LogP contribution in [-0.2, 0) is 27.1 Å². The van der Waals surface area contributed by atoms with Crippen LogP contribution in [0.2, 0.25) is 0 Å². The molecule has 0 saturated carbocycles. The lowest BCUT2D eigenvalue weighted by Gasteiger charge is -2.07. The van der Waals surface area contributed by atoms with E-state index in [2.05, 4.69) is 15.0 Å². The predicted molar refractivity (Wildman–Crippen MR) is 120 cm³/mol. The molecule has 0 radical (unpaired) electrons. The van der Waals surface area contributed by atoms with Gasteiger partial charge < -0.3 is 10.1 Å². The number of halogens is 1. The lowest BCUT2D eigenvalue weighted by molar-refractivity contribution is -0.116. The average molecular weight is 456 g/mol. The number of hydrogen-bond acceptors (Lipinski definition) is 5. The first-order valence-electron chi connectivity index (χ1n) is 9.67. The highest BCUT2D eigenvalue weighted by Gasteiger charge is 2.08. The van der Waals surface area contributed by atoms with Crippen molar-refractivity contribution in [3.63, 3.8) is 0 Å². The molecule has 1 amide bonds. The fraction of sp³-hybridized carbons (Fsp3) is 0.130. The van der Waals surface area contributed by atoms with Gasteiger partial charge in [0.2, 0.25) is 15.9 Å². The molecule has 1 heterocycles. The maximum absolute atomic E-state index is 14.3. The second-order valence-electron chi connectivity index (χ2n) is 6.81. The summed E-state index contributed by atoms with van der Waals surface area (Å²) >= 11 is 0. The Morgan fingerprint density at radius 3 is 2.53 bits per heavy atom. The van der Waals surface area contributed by atoms with E-state index in [9.17, 15) is 17.6 Å².